The van der Waals surface area contributed by atoms with Crippen molar-refractivity contribution in [3.63, 3.8) is 0 Å². The van der Waals surface area contributed by atoms with Crippen LogP contribution in [-0.4, -0.2) is 43.5 Å². The molecule has 0 atom stereocenters. The lowest BCUT2D eigenvalue weighted by Crippen LogP contribution is -2.48. The van der Waals surface area contributed by atoms with Gasteiger partial charge in [-0.05, 0) is 6.07 Å². The van der Waals surface area contributed by atoms with Crippen molar-refractivity contribution in [1.29, 1.82) is 0 Å². The number of benzene rings is 1. The first-order chi connectivity index (χ1) is 9.52. The highest BCUT2D eigenvalue weighted by Crippen LogP contribution is 2.26. The van der Waals surface area contributed by atoms with Crippen molar-refractivity contribution in [2.45, 2.75) is 0 Å². The predicted octanol–water partition coefficient (Wildman–Crippen LogP) is 0.318. The van der Waals surface area contributed by atoms with Crippen molar-refractivity contribution >= 4 is 23.3 Å². The van der Waals surface area contributed by atoms with Gasteiger partial charge in [0.25, 0.3) is 5.69 Å². The van der Waals surface area contributed by atoms with Gasteiger partial charge in [0.2, 0.25) is 5.91 Å². The molecule has 8 heteroatoms. The second-order valence-electron chi connectivity index (χ2n) is 4.22. The van der Waals surface area contributed by atoms with Crippen molar-refractivity contribution in [2.24, 2.45) is 0 Å². The maximum absolute atomic E-state index is 11.8. The van der Waals surface area contributed by atoms with Gasteiger partial charge in [-0.2, -0.15) is 0 Å². The average molecular weight is 279 g/mol. The lowest BCUT2D eigenvalue weighted by molar-refractivity contribution is -0.384. The number of esters is 1. The number of carbonyl (C=O) groups is 2. The van der Waals surface area contributed by atoms with Gasteiger partial charge in [-0.3, -0.25) is 14.9 Å². The molecular weight excluding hydrogens is 266 g/mol. The van der Waals surface area contributed by atoms with E-state index >= 15 is 0 Å². The third-order valence-electron chi connectivity index (χ3n) is 2.98. The zero-order chi connectivity index (χ0) is 14.7. The normalized spacial score (nSPS) is 14.7. The van der Waals surface area contributed by atoms with E-state index in [1.54, 1.807) is 4.90 Å². The van der Waals surface area contributed by atoms with Crippen molar-refractivity contribution in [3.8, 4) is 0 Å². The number of non-ortho nitro benzene ring substituents is 1. The maximum Gasteiger partial charge on any atom is 0.340 e. The van der Waals surface area contributed by atoms with Crippen LogP contribution in [-0.2, 0) is 9.53 Å². The van der Waals surface area contributed by atoms with E-state index in [0.29, 0.717) is 18.8 Å². The first-order valence-corrected chi connectivity index (χ1v) is 5.91. The Kier molecular flexibility index (Phi) is 3.83. The Morgan fingerprint density at radius 2 is 2.25 bits per heavy atom. The molecule has 106 valence electrons. The third kappa shape index (κ3) is 2.68. The van der Waals surface area contributed by atoms with E-state index in [1.165, 1.54) is 19.2 Å². The summed E-state index contributed by atoms with van der Waals surface area (Å²) in [6.45, 7) is 1.08. The van der Waals surface area contributed by atoms with Gasteiger partial charge >= 0.3 is 5.97 Å². The fourth-order valence-electron chi connectivity index (χ4n) is 2.03. The van der Waals surface area contributed by atoms with Gasteiger partial charge in [-0.1, -0.05) is 0 Å². The highest BCUT2D eigenvalue weighted by molar-refractivity contribution is 5.97. The lowest BCUT2D eigenvalue weighted by Gasteiger charge is -2.29. The Morgan fingerprint density at radius 1 is 1.50 bits per heavy atom. The molecule has 1 fully saturated rings. The molecule has 0 spiro atoms. The van der Waals surface area contributed by atoms with Crippen molar-refractivity contribution in [2.75, 3.05) is 31.6 Å². The minimum Gasteiger partial charge on any atom is -0.465 e. The van der Waals surface area contributed by atoms with Gasteiger partial charge < -0.3 is 15.0 Å². The number of anilines is 1. The van der Waals surface area contributed by atoms with Crippen molar-refractivity contribution < 1.29 is 19.2 Å². The van der Waals surface area contributed by atoms with Gasteiger partial charge in [-0.25, -0.2) is 4.79 Å². The van der Waals surface area contributed by atoms with Crippen LogP contribution in [0.5, 0.6) is 0 Å². The number of piperazine rings is 1. The van der Waals surface area contributed by atoms with E-state index in [1.807, 2.05) is 0 Å². The fourth-order valence-corrected chi connectivity index (χ4v) is 2.03. The highest BCUT2D eigenvalue weighted by Gasteiger charge is 2.24. The van der Waals surface area contributed by atoms with Crippen molar-refractivity contribution in [1.82, 2.24) is 5.32 Å². The summed E-state index contributed by atoms with van der Waals surface area (Å²) in [5.74, 6) is -0.833. The number of rotatable bonds is 3. The zero-order valence-electron chi connectivity index (χ0n) is 10.8. The summed E-state index contributed by atoms with van der Waals surface area (Å²) in [4.78, 5) is 35.0. The molecule has 1 aromatic rings. The number of nitro benzene ring substituents is 1. The number of carbonyl (C=O) groups excluding carboxylic acids is 2. The minimum absolute atomic E-state index is 0.0800. The Balaban J connectivity index is 2.43. The maximum atomic E-state index is 11.8. The van der Waals surface area contributed by atoms with E-state index in [0.717, 1.165) is 6.07 Å². The number of methoxy groups -OCH3 is 1. The highest BCUT2D eigenvalue weighted by atomic mass is 16.6. The number of hydrogen-bond acceptors (Lipinski definition) is 6. The number of nitrogens with one attached hydrogen (secondary N) is 1. The lowest BCUT2D eigenvalue weighted by atomic mass is 10.1. The quantitative estimate of drug-likeness (QED) is 0.485. The number of nitrogens with zero attached hydrogens (tertiary/aromatic N) is 2. The van der Waals surface area contributed by atoms with Crippen LogP contribution in [0.3, 0.4) is 0 Å². The molecule has 0 saturated carbocycles. The summed E-state index contributed by atoms with van der Waals surface area (Å²) in [6, 6.07) is 3.92. The smallest absolute Gasteiger partial charge is 0.340 e. The van der Waals surface area contributed by atoms with E-state index < -0.39 is 10.9 Å². The largest absolute Gasteiger partial charge is 0.465 e. The molecule has 20 heavy (non-hydrogen) atoms. The van der Waals surface area contributed by atoms with Crippen LogP contribution in [0.2, 0.25) is 0 Å². The standard InChI is InChI=1S/C12H13N3O5/c1-20-12(17)9-6-8(15(18)19)2-3-10(9)14-5-4-13-11(16)7-14/h2-3,6H,4-5,7H2,1H3,(H,13,16). The van der Waals surface area contributed by atoms with Crippen LogP contribution in [0.4, 0.5) is 11.4 Å². The Hall–Kier alpha value is -2.64. The monoisotopic (exact) mass is 279 g/mol. The topological polar surface area (TPSA) is 102 Å². The van der Waals surface area contributed by atoms with Crippen LogP contribution in [0, 0.1) is 10.1 Å². The minimum atomic E-state index is -0.672. The molecule has 0 aliphatic carbocycles. The molecule has 1 aliphatic heterocycles. The molecule has 0 unspecified atom stereocenters. The number of nitro groups is 1. The molecule has 1 saturated heterocycles. The number of ether oxygens (including phenoxy) is 1. The third-order valence-corrected chi connectivity index (χ3v) is 2.98. The molecule has 1 N–H and O–H groups in total. The first kappa shape index (κ1) is 13.8. The van der Waals surface area contributed by atoms with Crippen LogP contribution >= 0.6 is 0 Å². The van der Waals surface area contributed by atoms with Gasteiger partial charge in [0.05, 0.1) is 29.8 Å². The molecule has 1 amide bonds. The molecule has 1 heterocycles. The summed E-state index contributed by atoms with van der Waals surface area (Å²) in [7, 11) is 1.20. The molecule has 0 radical (unpaired) electrons. The van der Waals surface area contributed by atoms with Crippen LogP contribution in [0.1, 0.15) is 10.4 Å². The Morgan fingerprint density at radius 3 is 2.85 bits per heavy atom. The summed E-state index contributed by atoms with van der Waals surface area (Å²) in [5.41, 5.74) is 0.337. The van der Waals surface area contributed by atoms with Gasteiger partial charge in [0.1, 0.15) is 0 Å². The molecular formula is C12H13N3O5. The summed E-state index contributed by atoms with van der Waals surface area (Å²) in [5, 5.41) is 13.4. The average Bonchev–Trinajstić information content (AvgIpc) is 2.45. The summed E-state index contributed by atoms with van der Waals surface area (Å²) >= 11 is 0. The second kappa shape index (κ2) is 5.55. The van der Waals surface area contributed by atoms with Gasteiger partial charge in [0.15, 0.2) is 0 Å². The molecule has 0 bridgehead atoms. The van der Waals surface area contributed by atoms with Crippen molar-refractivity contribution in [3.05, 3.63) is 33.9 Å². The molecule has 1 aliphatic rings. The number of hydrogen-bond donors (Lipinski definition) is 1. The van der Waals surface area contributed by atoms with Crippen LogP contribution < -0.4 is 10.2 Å². The van der Waals surface area contributed by atoms with E-state index in [4.69, 9.17) is 0 Å². The molecule has 0 aromatic heterocycles. The molecule has 8 nitrogen and oxygen atoms in total. The van der Waals surface area contributed by atoms with E-state index in [2.05, 4.69) is 10.1 Å². The van der Waals surface area contributed by atoms with Crippen LogP contribution in [0.25, 0.3) is 0 Å². The Labute approximate surface area is 114 Å². The zero-order valence-corrected chi connectivity index (χ0v) is 10.8. The van der Waals surface area contributed by atoms with E-state index in [-0.39, 0.29) is 23.7 Å². The van der Waals surface area contributed by atoms with E-state index in [9.17, 15) is 19.7 Å². The predicted molar refractivity (Wildman–Crippen MR) is 69.7 cm³/mol. The molecule has 2 rings (SSSR count). The Bertz CT molecular complexity index is 572. The SMILES string of the molecule is COC(=O)c1cc([N+](=O)[O-])ccc1N1CCNC(=O)C1. The summed E-state index contributed by atoms with van der Waals surface area (Å²) < 4.78 is 4.64. The second-order valence-corrected chi connectivity index (χ2v) is 4.22. The fraction of sp³-hybridized carbons (Fsp3) is 0.333. The van der Waals surface area contributed by atoms with Gasteiger partial charge in [0, 0.05) is 25.2 Å². The summed E-state index contributed by atoms with van der Waals surface area (Å²) in [6.07, 6.45) is 0. The van der Waals surface area contributed by atoms with Gasteiger partial charge in [-0.15, -0.1) is 0 Å². The first-order valence-electron chi connectivity index (χ1n) is 5.91. The van der Waals surface area contributed by atoms with Crippen LogP contribution in [0.15, 0.2) is 18.2 Å². The molecule has 1 aromatic carbocycles. The number of amides is 1.